The molecule has 0 fully saturated rings. The maximum Gasteiger partial charge on any atom is 0.234 e. The molecule has 0 spiro atoms. The normalized spacial score (nSPS) is 11.0. The summed E-state index contributed by atoms with van der Waals surface area (Å²) in [6.07, 6.45) is 1.96. The van der Waals surface area contributed by atoms with Crippen LogP contribution in [0.15, 0.2) is 90.2 Å². The first kappa shape index (κ1) is 20.1. The highest BCUT2D eigenvalue weighted by Gasteiger charge is 2.20. The van der Waals surface area contributed by atoms with E-state index in [1.54, 1.807) is 0 Å². The highest BCUT2D eigenvalue weighted by atomic mass is 32.2. The Morgan fingerprint density at radius 2 is 1.72 bits per heavy atom. The number of amides is 1. The van der Waals surface area contributed by atoms with E-state index in [4.69, 9.17) is 0 Å². The third-order valence-electron chi connectivity index (χ3n) is 5.21. The summed E-state index contributed by atoms with van der Waals surface area (Å²) in [5, 5.41) is 13.7. The average molecular weight is 440 g/mol. The van der Waals surface area contributed by atoms with Crippen molar-refractivity contribution in [2.24, 2.45) is 0 Å². The number of para-hydroxylation sites is 3. The van der Waals surface area contributed by atoms with Gasteiger partial charge in [-0.1, -0.05) is 66.4 Å². The fourth-order valence-corrected chi connectivity index (χ4v) is 4.42. The van der Waals surface area contributed by atoms with Crippen LogP contribution in [-0.2, 0) is 4.79 Å². The Labute approximate surface area is 189 Å². The maximum atomic E-state index is 12.5. The number of rotatable bonds is 6. The number of anilines is 1. The van der Waals surface area contributed by atoms with E-state index in [9.17, 15) is 4.79 Å². The Hall–Kier alpha value is -3.84. The monoisotopic (exact) mass is 439 g/mol. The number of hydrogen-bond donors (Lipinski definition) is 2. The minimum Gasteiger partial charge on any atom is -0.360 e. The van der Waals surface area contributed by atoms with Crippen molar-refractivity contribution in [3.05, 3.63) is 90.6 Å². The van der Waals surface area contributed by atoms with Gasteiger partial charge in [-0.3, -0.25) is 9.36 Å². The molecule has 2 N–H and O–H groups in total. The molecule has 2 heterocycles. The Kier molecular flexibility index (Phi) is 5.47. The van der Waals surface area contributed by atoms with Crippen LogP contribution in [0.2, 0.25) is 0 Å². The number of carbonyl (C=O) groups is 1. The Bertz CT molecular complexity index is 1390. The number of H-pyrrole nitrogens is 1. The molecule has 0 bridgehead atoms. The van der Waals surface area contributed by atoms with Gasteiger partial charge in [0.1, 0.15) is 0 Å². The standard InChI is InChI=1S/C25H21N5OS/c1-17-9-5-8-14-22(17)30-24(20-15-26-21-13-7-6-12-19(20)21)28-29-25(30)32-16-23(31)27-18-10-3-2-4-11-18/h2-15,26H,16H2,1H3,(H,27,31). The molecule has 1 amide bonds. The number of hydrogen-bond acceptors (Lipinski definition) is 4. The number of thioether (sulfide) groups is 1. The van der Waals surface area contributed by atoms with Crippen molar-refractivity contribution in [1.29, 1.82) is 0 Å². The van der Waals surface area contributed by atoms with Gasteiger partial charge in [0.15, 0.2) is 11.0 Å². The van der Waals surface area contributed by atoms with Crippen LogP contribution >= 0.6 is 11.8 Å². The first-order valence-electron chi connectivity index (χ1n) is 10.3. The molecule has 7 heteroatoms. The molecule has 0 aliphatic carbocycles. The smallest absolute Gasteiger partial charge is 0.234 e. The van der Waals surface area contributed by atoms with Gasteiger partial charge in [-0.2, -0.15) is 0 Å². The molecule has 0 unspecified atom stereocenters. The molecule has 5 aromatic rings. The number of aromatic amines is 1. The summed E-state index contributed by atoms with van der Waals surface area (Å²) in [6, 6.07) is 25.7. The van der Waals surface area contributed by atoms with E-state index in [1.165, 1.54) is 11.8 Å². The van der Waals surface area contributed by atoms with Gasteiger partial charge in [0.25, 0.3) is 0 Å². The summed E-state index contributed by atoms with van der Waals surface area (Å²) in [5.74, 6) is 0.879. The van der Waals surface area contributed by atoms with E-state index in [0.717, 1.165) is 39.2 Å². The summed E-state index contributed by atoms with van der Waals surface area (Å²) in [4.78, 5) is 15.8. The zero-order valence-electron chi connectivity index (χ0n) is 17.4. The summed E-state index contributed by atoms with van der Waals surface area (Å²) in [6.45, 7) is 2.06. The number of nitrogens with one attached hydrogen (secondary N) is 2. The third-order valence-corrected chi connectivity index (χ3v) is 6.14. The summed E-state index contributed by atoms with van der Waals surface area (Å²) >= 11 is 1.37. The van der Waals surface area contributed by atoms with Crippen LogP contribution < -0.4 is 5.32 Å². The minimum atomic E-state index is -0.0887. The molecule has 158 valence electrons. The number of carbonyl (C=O) groups excluding carboxylic acids is 1. The lowest BCUT2D eigenvalue weighted by molar-refractivity contribution is -0.113. The van der Waals surface area contributed by atoms with Crippen LogP contribution in [0.25, 0.3) is 28.0 Å². The zero-order valence-corrected chi connectivity index (χ0v) is 18.3. The van der Waals surface area contributed by atoms with Gasteiger partial charge in [-0.25, -0.2) is 0 Å². The van der Waals surface area contributed by atoms with E-state index >= 15 is 0 Å². The topological polar surface area (TPSA) is 75.6 Å². The van der Waals surface area contributed by atoms with Gasteiger partial charge >= 0.3 is 0 Å². The molecule has 0 aliphatic rings. The molecule has 3 aromatic carbocycles. The Morgan fingerprint density at radius 3 is 2.56 bits per heavy atom. The van der Waals surface area contributed by atoms with E-state index < -0.39 is 0 Å². The number of aromatic nitrogens is 4. The fraction of sp³-hybridized carbons (Fsp3) is 0.0800. The van der Waals surface area contributed by atoms with Crippen molar-refractivity contribution in [2.45, 2.75) is 12.1 Å². The van der Waals surface area contributed by atoms with E-state index in [-0.39, 0.29) is 11.7 Å². The van der Waals surface area contributed by atoms with Crippen LogP contribution in [-0.4, -0.2) is 31.4 Å². The van der Waals surface area contributed by atoms with Gasteiger partial charge in [-0.05, 0) is 36.8 Å². The third kappa shape index (κ3) is 3.90. The van der Waals surface area contributed by atoms with Gasteiger partial charge in [0, 0.05) is 28.4 Å². The predicted molar refractivity (Wildman–Crippen MR) is 129 cm³/mol. The molecule has 0 radical (unpaired) electrons. The largest absolute Gasteiger partial charge is 0.360 e. The van der Waals surface area contributed by atoms with E-state index in [0.29, 0.717) is 5.16 Å². The molecule has 2 aromatic heterocycles. The van der Waals surface area contributed by atoms with Gasteiger partial charge in [0.2, 0.25) is 5.91 Å². The molecule has 32 heavy (non-hydrogen) atoms. The number of nitrogens with zero attached hydrogens (tertiary/aromatic N) is 3. The zero-order chi connectivity index (χ0) is 21.9. The van der Waals surface area contributed by atoms with Crippen LogP contribution in [0, 0.1) is 6.92 Å². The van der Waals surface area contributed by atoms with Crippen LogP contribution in [0.3, 0.4) is 0 Å². The van der Waals surface area contributed by atoms with Crippen molar-refractivity contribution in [3.63, 3.8) is 0 Å². The molecule has 0 atom stereocenters. The maximum absolute atomic E-state index is 12.5. The van der Waals surface area contributed by atoms with Crippen molar-refractivity contribution >= 4 is 34.3 Å². The van der Waals surface area contributed by atoms with Crippen molar-refractivity contribution in [3.8, 4) is 17.1 Å². The predicted octanol–water partition coefficient (Wildman–Crippen LogP) is 5.45. The minimum absolute atomic E-state index is 0.0887. The molecule has 0 saturated carbocycles. The number of benzene rings is 3. The quantitative estimate of drug-likeness (QED) is 0.345. The molecular weight excluding hydrogens is 418 g/mol. The van der Waals surface area contributed by atoms with Gasteiger partial charge in [-0.15, -0.1) is 10.2 Å². The second-order valence-corrected chi connectivity index (χ2v) is 8.32. The van der Waals surface area contributed by atoms with Crippen molar-refractivity contribution in [2.75, 3.05) is 11.1 Å². The number of aryl methyl sites for hydroxylation is 1. The molecule has 5 rings (SSSR count). The summed E-state index contributed by atoms with van der Waals surface area (Å²) < 4.78 is 2.03. The van der Waals surface area contributed by atoms with Gasteiger partial charge < -0.3 is 10.3 Å². The highest BCUT2D eigenvalue weighted by molar-refractivity contribution is 7.99. The van der Waals surface area contributed by atoms with E-state index in [1.807, 2.05) is 77.5 Å². The summed E-state index contributed by atoms with van der Waals surface area (Å²) in [7, 11) is 0. The van der Waals surface area contributed by atoms with Crippen LogP contribution in [0.5, 0.6) is 0 Å². The first-order chi connectivity index (χ1) is 15.7. The molecule has 0 aliphatic heterocycles. The summed E-state index contributed by atoms with van der Waals surface area (Å²) in [5.41, 5.74) is 4.88. The lowest BCUT2D eigenvalue weighted by Crippen LogP contribution is -2.14. The van der Waals surface area contributed by atoms with E-state index in [2.05, 4.69) is 39.6 Å². The Morgan fingerprint density at radius 1 is 0.969 bits per heavy atom. The number of fused-ring (bicyclic) bond motifs is 1. The van der Waals surface area contributed by atoms with Crippen LogP contribution in [0.4, 0.5) is 5.69 Å². The second kappa shape index (κ2) is 8.72. The Balaban J connectivity index is 1.51. The SMILES string of the molecule is Cc1ccccc1-n1c(SCC(=O)Nc2ccccc2)nnc1-c1c[nH]c2ccccc12. The molecule has 0 saturated heterocycles. The van der Waals surface area contributed by atoms with Crippen LogP contribution in [0.1, 0.15) is 5.56 Å². The molecular formula is C25H21N5OS. The van der Waals surface area contributed by atoms with Crippen molar-refractivity contribution < 1.29 is 4.79 Å². The highest BCUT2D eigenvalue weighted by Crippen LogP contribution is 2.33. The fourth-order valence-electron chi connectivity index (χ4n) is 3.67. The lowest BCUT2D eigenvalue weighted by atomic mass is 10.1. The first-order valence-corrected chi connectivity index (χ1v) is 11.2. The molecule has 6 nitrogen and oxygen atoms in total. The average Bonchev–Trinajstić information content (AvgIpc) is 3.42. The van der Waals surface area contributed by atoms with Gasteiger partial charge in [0.05, 0.1) is 11.4 Å². The van der Waals surface area contributed by atoms with Crippen molar-refractivity contribution in [1.82, 2.24) is 19.7 Å². The lowest BCUT2D eigenvalue weighted by Gasteiger charge is -2.12. The second-order valence-electron chi connectivity index (χ2n) is 7.38.